The van der Waals surface area contributed by atoms with Gasteiger partial charge in [0.2, 0.25) is 0 Å². The first-order valence-electron chi connectivity index (χ1n) is 7.12. The zero-order valence-corrected chi connectivity index (χ0v) is 13.6. The maximum Gasteiger partial charge on any atom is 0.496 e. The van der Waals surface area contributed by atoms with E-state index in [0.29, 0.717) is 5.69 Å². The number of nitrogens with zero attached hydrogens (tertiary/aromatic N) is 1. The summed E-state index contributed by atoms with van der Waals surface area (Å²) in [6, 6.07) is 3.65. The van der Waals surface area contributed by atoms with Gasteiger partial charge >= 0.3 is 13.1 Å². The largest absolute Gasteiger partial charge is 0.496 e. The Morgan fingerprint density at radius 1 is 1.27 bits per heavy atom. The van der Waals surface area contributed by atoms with Crippen LogP contribution in [0.15, 0.2) is 18.3 Å². The first kappa shape index (κ1) is 16.5. The summed E-state index contributed by atoms with van der Waals surface area (Å²) in [5.41, 5.74) is 0.675. The smallest absolute Gasteiger partial charge is 0.468 e. The molecule has 0 atom stereocenters. The number of esters is 1. The van der Waals surface area contributed by atoms with Crippen molar-refractivity contribution in [3.63, 3.8) is 0 Å². The lowest BCUT2D eigenvalue weighted by Gasteiger charge is -2.32. The van der Waals surface area contributed by atoms with Crippen LogP contribution in [0.1, 0.15) is 39.8 Å². The second-order valence-corrected chi connectivity index (χ2v) is 6.12. The minimum atomic E-state index is -0.436. The molecule has 6 heteroatoms. The molecule has 1 aliphatic heterocycles. The molecule has 116 valence electrons. The molecule has 1 fully saturated rings. The van der Waals surface area contributed by atoms with Crippen molar-refractivity contribution in [3.05, 3.63) is 24.0 Å². The van der Waals surface area contributed by atoms with E-state index in [4.69, 9.17) is 9.31 Å². The molecule has 0 amide bonds. The van der Waals surface area contributed by atoms with Crippen LogP contribution in [0.2, 0.25) is 0 Å². The van der Waals surface area contributed by atoms with Gasteiger partial charge in [-0.15, -0.1) is 0 Å². The quantitative estimate of drug-likeness (QED) is 0.468. The van der Waals surface area contributed by atoms with Crippen LogP contribution >= 0.6 is 0 Å². The van der Waals surface area contributed by atoms with Gasteiger partial charge in [0.15, 0.2) is 0 Å². The molecule has 0 N–H and O–H groups in total. The van der Waals surface area contributed by atoms with Gasteiger partial charge in [0, 0.05) is 11.7 Å². The predicted octanol–water partition coefficient (Wildman–Crippen LogP) is 1.30. The van der Waals surface area contributed by atoms with Gasteiger partial charge in [0.1, 0.15) is 12.1 Å². The minimum absolute atomic E-state index is 0.0527. The molecule has 0 radical (unpaired) electrons. The fourth-order valence-electron chi connectivity index (χ4n) is 1.88. The van der Waals surface area contributed by atoms with Gasteiger partial charge in [0.25, 0.3) is 0 Å². The van der Waals surface area contributed by atoms with Crippen molar-refractivity contribution in [2.75, 3.05) is 7.11 Å². The highest BCUT2D eigenvalue weighted by Gasteiger charge is 2.51. The second kappa shape index (κ2) is 6.11. The Kier molecular flexibility index (Phi) is 4.59. The summed E-state index contributed by atoms with van der Waals surface area (Å²) in [5.74, 6) is 5.17. The van der Waals surface area contributed by atoms with E-state index >= 15 is 0 Å². The average molecular weight is 301 g/mol. The Morgan fingerprint density at radius 3 is 2.41 bits per heavy atom. The van der Waals surface area contributed by atoms with Crippen molar-refractivity contribution in [1.29, 1.82) is 0 Å². The molecule has 5 nitrogen and oxygen atoms in total. The van der Waals surface area contributed by atoms with Crippen LogP contribution in [0, 0.1) is 11.8 Å². The normalized spacial score (nSPS) is 18.5. The molecule has 1 aromatic rings. The topological polar surface area (TPSA) is 57.7 Å². The fourth-order valence-corrected chi connectivity index (χ4v) is 1.88. The Bertz CT molecular complexity index is 597. The zero-order valence-electron chi connectivity index (χ0n) is 13.6. The molecular weight excluding hydrogens is 281 g/mol. The molecule has 0 spiro atoms. The van der Waals surface area contributed by atoms with Crippen LogP contribution in [0.3, 0.4) is 0 Å². The van der Waals surface area contributed by atoms with Gasteiger partial charge in [-0.3, -0.25) is 4.79 Å². The molecule has 1 aliphatic rings. The van der Waals surface area contributed by atoms with Gasteiger partial charge in [-0.2, -0.15) is 0 Å². The Balaban J connectivity index is 2.06. The number of hydrogen-bond acceptors (Lipinski definition) is 5. The molecule has 22 heavy (non-hydrogen) atoms. The molecule has 1 saturated heterocycles. The number of carbonyl (C=O) groups excluding carboxylic acids is 1. The van der Waals surface area contributed by atoms with Crippen molar-refractivity contribution >= 4 is 18.6 Å². The molecule has 0 aliphatic carbocycles. The first-order chi connectivity index (χ1) is 10.2. The highest BCUT2D eigenvalue weighted by molar-refractivity contribution is 6.62. The summed E-state index contributed by atoms with van der Waals surface area (Å²) in [6.45, 7) is 8.03. The van der Waals surface area contributed by atoms with Crippen LogP contribution in [0.5, 0.6) is 0 Å². The molecule has 2 heterocycles. The maximum absolute atomic E-state index is 11.0. The molecular formula is C16H20BNO4. The number of ether oxygens (including phenoxy) is 1. The number of hydrogen-bond donors (Lipinski definition) is 0. The summed E-state index contributed by atoms with van der Waals surface area (Å²) in [5, 5.41) is 0. The van der Waals surface area contributed by atoms with Gasteiger partial charge < -0.3 is 14.0 Å². The highest BCUT2D eigenvalue weighted by atomic mass is 16.7. The van der Waals surface area contributed by atoms with E-state index in [0.717, 1.165) is 5.46 Å². The van der Waals surface area contributed by atoms with Gasteiger partial charge in [-0.25, -0.2) is 4.98 Å². The van der Waals surface area contributed by atoms with E-state index in [1.807, 2.05) is 33.8 Å². The third-order valence-electron chi connectivity index (χ3n) is 3.99. The van der Waals surface area contributed by atoms with Crippen molar-refractivity contribution in [3.8, 4) is 11.8 Å². The monoisotopic (exact) mass is 301 g/mol. The Hall–Kier alpha value is -1.84. The SMILES string of the molecule is COC(=O)CC#Cc1ccc(B2OC(C)(C)C(C)(C)O2)cn1. The number of methoxy groups -OCH3 is 1. The van der Waals surface area contributed by atoms with Crippen LogP contribution < -0.4 is 5.46 Å². The maximum atomic E-state index is 11.0. The predicted molar refractivity (Wildman–Crippen MR) is 83.5 cm³/mol. The third kappa shape index (κ3) is 3.49. The third-order valence-corrected chi connectivity index (χ3v) is 3.99. The van der Waals surface area contributed by atoms with Crippen molar-refractivity contribution in [1.82, 2.24) is 4.98 Å². The molecule has 0 bridgehead atoms. The standard InChI is InChI=1S/C16H20BNO4/c1-15(2)16(3,4)22-17(21-15)12-9-10-13(18-11-12)7-6-8-14(19)20-5/h9-11H,8H2,1-5H3. The lowest BCUT2D eigenvalue weighted by Crippen LogP contribution is -2.41. The van der Waals surface area contributed by atoms with E-state index in [2.05, 4.69) is 21.6 Å². The van der Waals surface area contributed by atoms with E-state index < -0.39 is 7.12 Å². The van der Waals surface area contributed by atoms with Crippen LogP contribution in [0.25, 0.3) is 0 Å². The minimum Gasteiger partial charge on any atom is -0.468 e. The molecule has 2 rings (SSSR count). The summed E-state index contributed by atoms with van der Waals surface area (Å²) in [4.78, 5) is 15.2. The van der Waals surface area contributed by atoms with Crippen molar-refractivity contribution < 1.29 is 18.8 Å². The zero-order chi connectivity index (χ0) is 16.4. The summed E-state index contributed by atoms with van der Waals surface area (Å²) >= 11 is 0. The van der Waals surface area contributed by atoms with Crippen LogP contribution in [0.4, 0.5) is 0 Å². The van der Waals surface area contributed by atoms with E-state index in [1.54, 1.807) is 12.3 Å². The molecule has 0 unspecified atom stereocenters. The van der Waals surface area contributed by atoms with E-state index in [-0.39, 0.29) is 23.6 Å². The molecule has 1 aromatic heterocycles. The van der Waals surface area contributed by atoms with Gasteiger partial charge in [0.05, 0.1) is 18.3 Å². The first-order valence-corrected chi connectivity index (χ1v) is 7.12. The summed E-state index contributed by atoms with van der Waals surface area (Å²) < 4.78 is 16.4. The number of carbonyl (C=O) groups is 1. The second-order valence-electron chi connectivity index (χ2n) is 6.12. The molecule has 0 aromatic carbocycles. The number of aromatic nitrogens is 1. The van der Waals surface area contributed by atoms with Crippen LogP contribution in [-0.2, 0) is 18.8 Å². The number of rotatable bonds is 2. The van der Waals surface area contributed by atoms with Gasteiger partial charge in [-0.1, -0.05) is 12.0 Å². The highest BCUT2D eigenvalue weighted by Crippen LogP contribution is 2.36. The molecule has 0 saturated carbocycles. The van der Waals surface area contributed by atoms with E-state index in [9.17, 15) is 4.79 Å². The van der Waals surface area contributed by atoms with E-state index in [1.165, 1.54) is 7.11 Å². The number of pyridine rings is 1. The van der Waals surface area contributed by atoms with Crippen molar-refractivity contribution in [2.24, 2.45) is 0 Å². The fraction of sp³-hybridized carbons (Fsp3) is 0.500. The Morgan fingerprint density at radius 2 is 1.91 bits per heavy atom. The Labute approximate surface area is 131 Å². The van der Waals surface area contributed by atoms with Crippen molar-refractivity contribution in [2.45, 2.75) is 45.3 Å². The lowest BCUT2D eigenvalue weighted by atomic mass is 9.80. The van der Waals surface area contributed by atoms with Crippen LogP contribution in [-0.4, -0.2) is 36.4 Å². The van der Waals surface area contributed by atoms with Gasteiger partial charge in [-0.05, 0) is 39.7 Å². The average Bonchev–Trinajstić information content (AvgIpc) is 2.68. The summed E-state index contributed by atoms with van der Waals surface area (Å²) in [6.07, 6.45) is 1.74. The lowest BCUT2D eigenvalue weighted by molar-refractivity contribution is -0.139. The summed E-state index contributed by atoms with van der Waals surface area (Å²) in [7, 11) is 0.899.